The first-order valence-corrected chi connectivity index (χ1v) is 6.18. The molecule has 0 aliphatic carbocycles. The van der Waals surface area contributed by atoms with Gasteiger partial charge in [0.1, 0.15) is 0 Å². The number of unbranched alkanes of at least 4 members (excludes halogenated alkanes) is 7. The van der Waals surface area contributed by atoms with E-state index in [1.165, 1.54) is 44.9 Å². The van der Waals surface area contributed by atoms with E-state index in [9.17, 15) is 0 Å². The highest BCUT2D eigenvalue weighted by molar-refractivity contribution is 4.60. The number of hydrogen-bond acceptors (Lipinski definition) is 1. The Bertz CT molecular complexity index is 191. The second-order valence-electron chi connectivity index (χ2n) is 4.12. The molecule has 0 heterocycles. The van der Waals surface area contributed by atoms with Crippen molar-refractivity contribution in [1.82, 2.24) is 0 Å². The molecule has 0 amide bonds. The van der Waals surface area contributed by atoms with E-state index in [1.807, 2.05) is 0 Å². The highest BCUT2D eigenvalue weighted by Crippen LogP contribution is 2.11. The third-order valence-corrected chi connectivity index (χ3v) is 2.61. The van der Waals surface area contributed by atoms with Crippen LogP contribution in [0, 0.1) is 0 Å². The lowest BCUT2D eigenvalue weighted by Gasteiger charge is -2.04. The van der Waals surface area contributed by atoms with Gasteiger partial charge in [0.15, 0.2) is 0 Å². The van der Waals surface area contributed by atoms with Gasteiger partial charge in [0.05, 0.1) is 0 Å². The van der Waals surface area contributed by atoms with Crippen molar-refractivity contribution < 1.29 is 1.37 Å². The summed E-state index contributed by atoms with van der Waals surface area (Å²) in [5, 5.41) is 3.59. The van der Waals surface area contributed by atoms with Gasteiger partial charge in [0, 0.05) is 12.3 Å². The number of rotatable bonds is 10. The molecule has 0 rings (SSSR count). The quantitative estimate of drug-likeness (QED) is 0.206. The molecule has 0 bridgehead atoms. The van der Waals surface area contributed by atoms with Gasteiger partial charge in [-0.3, -0.25) is 0 Å². The maximum absolute atomic E-state index is 8.27. The van der Waals surface area contributed by atoms with E-state index in [-0.39, 0.29) is 12.9 Å². The minimum absolute atomic E-state index is 0.106. The van der Waals surface area contributed by atoms with Crippen molar-refractivity contribution in [2.24, 2.45) is 5.11 Å². The molecule has 0 aliphatic heterocycles. The lowest BCUT2D eigenvalue weighted by Crippen LogP contribution is -1.95. The minimum atomic E-state index is -0.106. The number of azide groups is 1. The van der Waals surface area contributed by atoms with Crippen molar-refractivity contribution in [2.75, 3.05) is 0 Å². The van der Waals surface area contributed by atoms with Crippen LogP contribution in [0.3, 0.4) is 0 Å². The summed E-state index contributed by atoms with van der Waals surface area (Å²) >= 11 is 0. The fourth-order valence-corrected chi connectivity index (χ4v) is 1.64. The SMILES string of the molecule is [2H]CC(CCCCCCCCCC)N=[N+]=[N-]. The van der Waals surface area contributed by atoms with E-state index in [0.29, 0.717) is 0 Å². The maximum atomic E-state index is 8.27. The van der Waals surface area contributed by atoms with Crippen LogP contribution in [0.5, 0.6) is 0 Å². The Hall–Kier alpha value is -0.690. The summed E-state index contributed by atoms with van der Waals surface area (Å²) < 4.78 is 7.19. The lowest BCUT2D eigenvalue weighted by atomic mass is 10.1. The minimum Gasteiger partial charge on any atom is -0.0909 e. The smallest absolute Gasteiger partial charge is 0.0345 e. The Kier molecular flexibility index (Phi) is 9.40. The molecule has 0 aromatic heterocycles. The third-order valence-electron chi connectivity index (χ3n) is 2.61. The molecule has 0 aliphatic rings. The van der Waals surface area contributed by atoms with Crippen molar-refractivity contribution in [1.29, 1.82) is 0 Å². The Labute approximate surface area is 95.3 Å². The zero-order valence-electron chi connectivity index (χ0n) is 11.0. The van der Waals surface area contributed by atoms with Crippen LogP contribution < -0.4 is 0 Å². The molecule has 0 fully saturated rings. The van der Waals surface area contributed by atoms with Gasteiger partial charge in [-0.2, -0.15) is 0 Å². The van der Waals surface area contributed by atoms with Crippen LogP contribution in [-0.2, 0) is 0 Å². The molecule has 0 aromatic rings. The summed E-state index contributed by atoms with van der Waals surface area (Å²) in [6, 6.07) is -0.106. The second kappa shape index (κ2) is 11.4. The van der Waals surface area contributed by atoms with E-state index in [1.54, 1.807) is 0 Å². The zero-order valence-corrected chi connectivity index (χ0v) is 9.99. The molecule has 88 valence electrons. The van der Waals surface area contributed by atoms with Crippen LogP contribution in [-0.4, -0.2) is 6.04 Å². The lowest BCUT2D eigenvalue weighted by molar-refractivity contribution is 0.540. The first-order valence-electron chi connectivity index (χ1n) is 6.89. The van der Waals surface area contributed by atoms with E-state index >= 15 is 0 Å². The standard InChI is InChI=1S/C12H25N3/c1-3-4-5-6-7-8-9-10-11-12(2)14-15-13/h12H,3-11H2,1-2H3/i2D. The fraction of sp³-hybridized carbons (Fsp3) is 1.00. The second-order valence-corrected chi connectivity index (χ2v) is 4.12. The first kappa shape index (κ1) is 12.4. The van der Waals surface area contributed by atoms with Crippen LogP contribution in [0.25, 0.3) is 10.4 Å². The summed E-state index contributed by atoms with van der Waals surface area (Å²) in [4.78, 5) is 2.76. The average molecular weight is 212 g/mol. The van der Waals surface area contributed by atoms with Gasteiger partial charge in [-0.15, -0.1) is 0 Å². The zero-order chi connectivity index (χ0) is 12.1. The van der Waals surface area contributed by atoms with Crippen LogP contribution in [0.1, 0.15) is 73.0 Å². The monoisotopic (exact) mass is 212 g/mol. The molecule has 1 unspecified atom stereocenters. The van der Waals surface area contributed by atoms with Gasteiger partial charge in [0.25, 0.3) is 0 Å². The number of hydrogen-bond donors (Lipinski definition) is 0. The van der Waals surface area contributed by atoms with Gasteiger partial charge < -0.3 is 0 Å². The molecule has 15 heavy (non-hydrogen) atoms. The third kappa shape index (κ3) is 11.2. The summed E-state index contributed by atoms with van der Waals surface area (Å²) in [6.45, 7) is 2.46. The Morgan fingerprint density at radius 3 is 2.27 bits per heavy atom. The Balaban J connectivity index is 3.22. The van der Waals surface area contributed by atoms with E-state index in [2.05, 4.69) is 16.9 Å². The molecular weight excluding hydrogens is 186 g/mol. The van der Waals surface area contributed by atoms with Crippen molar-refractivity contribution >= 4 is 0 Å². The van der Waals surface area contributed by atoms with Crippen molar-refractivity contribution in [3.8, 4) is 0 Å². The summed E-state index contributed by atoms with van der Waals surface area (Å²) in [5.74, 6) is 0. The molecule has 0 N–H and O–H groups in total. The highest BCUT2D eigenvalue weighted by atomic mass is 15.1. The average Bonchev–Trinajstić information content (AvgIpc) is 2.31. The summed E-state index contributed by atoms with van der Waals surface area (Å²) in [7, 11) is 0. The van der Waals surface area contributed by atoms with Crippen molar-refractivity contribution in [2.45, 2.75) is 77.7 Å². The Morgan fingerprint density at radius 1 is 1.13 bits per heavy atom. The first-order chi connectivity index (χ1) is 7.85. The molecular formula is C12H25N3. The molecule has 0 saturated carbocycles. The fourth-order valence-electron chi connectivity index (χ4n) is 1.64. The van der Waals surface area contributed by atoms with Crippen LogP contribution in [0.2, 0.25) is 0 Å². The summed E-state index contributed by atoms with van der Waals surface area (Å²) in [6.07, 6.45) is 11.2. The molecule has 0 aromatic carbocycles. The van der Waals surface area contributed by atoms with Crippen molar-refractivity contribution in [3.63, 3.8) is 0 Å². The highest BCUT2D eigenvalue weighted by Gasteiger charge is 1.97. The topological polar surface area (TPSA) is 48.8 Å². The molecule has 3 nitrogen and oxygen atoms in total. The predicted molar refractivity (Wildman–Crippen MR) is 65.8 cm³/mol. The largest absolute Gasteiger partial charge is 0.0909 e. The summed E-state index contributed by atoms with van der Waals surface area (Å²) in [5.41, 5.74) is 8.27. The Morgan fingerprint density at radius 2 is 1.73 bits per heavy atom. The van der Waals surface area contributed by atoms with E-state index in [4.69, 9.17) is 6.90 Å². The van der Waals surface area contributed by atoms with Crippen molar-refractivity contribution in [3.05, 3.63) is 10.4 Å². The normalized spacial score (nSPS) is 13.0. The van der Waals surface area contributed by atoms with Crippen LogP contribution in [0.4, 0.5) is 0 Å². The molecule has 0 saturated heterocycles. The maximum Gasteiger partial charge on any atom is 0.0345 e. The molecule has 0 radical (unpaired) electrons. The van der Waals surface area contributed by atoms with Gasteiger partial charge in [-0.05, 0) is 12.0 Å². The number of nitrogens with zero attached hydrogens (tertiary/aromatic N) is 3. The van der Waals surface area contributed by atoms with Gasteiger partial charge in [-0.25, -0.2) is 0 Å². The molecule has 1 atom stereocenters. The van der Waals surface area contributed by atoms with E-state index < -0.39 is 0 Å². The van der Waals surface area contributed by atoms with Crippen LogP contribution in [0.15, 0.2) is 5.11 Å². The van der Waals surface area contributed by atoms with Gasteiger partial charge in [-0.1, -0.05) is 70.3 Å². The van der Waals surface area contributed by atoms with Gasteiger partial charge >= 0.3 is 0 Å². The van der Waals surface area contributed by atoms with E-state index in [0.717, 1.165) is 12.8 Å². The predicted octanol–water partition coefficient (Wildman–Crippen LogP) is 5.22. The molecule has 3 heteroatoms. The van der Waals surface area contributed by atoms with Gasteiger partial charge in [0.2, 0.25) is 0 Å². The molecule has 0 spiro atoms. The van der Waals surface area contributed by atoms with Crippen LogP contribution >= 0.6 is 0 Å².